The molecule has 5 aliphatic heterocycles. The van der Waals surface area contributed by atoms with Crippen molar-refractivity contribution in [3.63, 3.8) is 0 Å². The zero-order chi connectivity index (χ0) is 45.2. The highest BCUT2D eigenvalue weighted by Crippen LogP contribution is 2.63. The number of fused-ring (bicyclic) bond motifs is 4. The summed E-state index contributed by atoms with van der Waals surface area (Å²) in [7, 11) is 0. The molecule has 5 N–H and O–H groups in total. The van der Waals surface area contributed by atoms with E-state index in [4.69, 9.17) is 23.2 Å². The van der Waals surface area contributed by atoms with Gasteiger partial charge in [0.05, 0.1) is 11.1 Å². The van der Waals surface area contributed by atoms with E-state index >= 15 is 4.39 Å². The number of anilines is 3. The molecule has 0 radical (unpaired) electrons. The molecule has 0 aromatic heterocycles. The summed E-state index contributed by atoms with van der Waals surface area (Å²) in [6.07, 6.45) is 5.84. The van der Waals surface area contributed by atoms with Gasteiger partial charge in [0.15, 0.2) is 0 Å². The molecule has 6 amide bonds. The van der Waals surface area contributed by atoms with Gasteiger partial charge in [-0.05, 0) is 104 Å². The number of piperidine rings is 2. The number of hydrogen-bond donors (Lipinski definition) is 5. The van der Waals surface area contributed by atoms with E-state index < -0.39 is 46.6 Å². The summed E-state index contributed by atoms with van der Waals surface area (Å²) in [5.74, 6) is -3.25. The van der Waals surface area contributed by atoms with Gasteiger partial charge in [-0.3, -0.25) is 39.4 Å². The number of hydrogen-bond acceptors (Lipinski definition) is 8. The van der Waals surface area contributed by atoms with Crippen molar-refractivity contribution in [2.45, 2.75) is 93.3 Å². The van der Waals surface area contributed by atoms with Crippen LogP contribution < -0.4 is 26.6 Å². The third kappa shape index (κ3) is 7.24. The molecule has 4 fully saturated rings. The molecule has 4 aromatic carbocycles. The summed E-state index contributed by atoms with van der Waals surface area (Å²) in [5, 5.41) is 15.9. The highest BCUT2D eigenvalue weighted by molar-refractivity contribution is 6.31. The lowest BCUT2D eigenvalue weighted by molar-refractivity contribution is -0.137. The summed E-state index contributed by atoms with van der Waals surface area (Å²) in [5.41, 5.74) is 2.28. The monoisotopic (exact) mass is 919 g/mol. The number of nitrogens with zero attached hydrogens (tertiary/aromatic N) is 2. The number of rotatable bonds is 8. The summed E-state index contributed by atoms with van der Waals surface area (Å²) < 4.78 is 16.3. The van der Waals surface area contributed by atoms with Gasteiger partial charge in [-0.2, -0.15) is 0 Å². The number of nitrogens with one attached hydrogen (secondary N) is 5. The second-order valence-electron chi connectivity index (χ2n) is 18.3. The van der Waals surface area contributed by atoms with E-state index in [9.17, 15) is 28.8 Å². The van der Waals surface area contributed by atoms with Crippen LogP contribution in [-0.2, 0) is 31.1 Å². The largest absolute Gasteiger partial charge is 0.384 e. The standard InChI is InChI=1S/C49H48Cl2FN7O6/c50-29-12-15-34-37(24-29)55-47(65)49(34)40(32-7-4-8-35(51)41(32)52)42(57-48(49)20-2-1-3-21-48)44(62)54-30-13-10-28(11-14-30)45(63)58-22-18-27(19-23-58)25-53-36-9-5-6-31-33(36)26-59(46(31)64)38-16-17-39(60)56-43(38)61/h4-15,24,27,38,40,42,53,57H,1-3,16-23,25-26H2,(H,54,62)(H,55,65)(H,56,60,61)/t38?,40-,42+,49+/m0/s1. The van der Waals surface area contributed by atoms with Gasteiger partial charge in [0.25, 0.3) is 11.8 Å². The molecule has 10 rings (SSSR count). The Labute approximate surface area is 385 Å². The summed E-state index contributed by atoms with van der Waals surface area (Å²) >= 11 is 12.8. The van der Waals surface area contributed by atoms with Gasteiger partial charge in [-0.1, -0.05) is 66.7 Å². The maximum Gasteiger partial charge on any atom is 0.255 e. The van der Waals surface area contributed by atoms with E-state index in [-0.39, 0.29) is 53.1 Å². The van der Waals surface area contributed by atoms with Gasteiger partial charge < -0.3 is 25.8 Å². The van der Waals surface area contributed by atoms with Crippen LogP contribution in [0.5, 0.6) is 0 Å². The molecule has 16 heteroatoms. The number of carbonyl (C=O) groups excluding carboxylic acids is 6. The molecular weight excluding hydrogens is 872 g/mol. The van der Waals surface area contributed by atoms with Gasteiger partial charge in [0.2, 0.25) is 23.6 Å². The van der Waals surface area contributed by atoms with Crippen molar-refractivity contribution in [2.75, 3.05) is 35.6 Å². The van der Waals surface area contributed by atoms with E-state index in [0.717, 1.165) is 43.4 Å². The third-order valence-electron chi connectivity index (χ3n) is 14.8. The molecule has 1 aliphatic carbocycles. The van der Waals surface area contributed by atoms with Crippen LogP contribution in [0.3, 0.4) is 0 Å². The number of likely N-dealkylation sites (tertiary alicyclic amines) is 1. The Bertz CT molecular complexity index is 2650. The zero-order valence-corrected chi connectivity index (χ0v) is 37.0. The van der Waals surface area contributed by atoms with Crippen LogP contribution in [0, 0.1) is 11.7 Å². The third-order valence-corrected chi connectivity index (χ3v) is 15.3. The average Bonchev–Trinajstić information content (AvgIpc) is 3.90. The molecule has 4 atom stereocenters. The van der Waals surface area contributed by atoms with Gasteiger partial charge in [0.1, 0.15) is 17.3 Å². The Kier molecular flexibility index (Phi) is 11.2. The van der Waals surface area contributed by atoms with Crippen LogP contribution in [-0.4, -0.2) is 82.5 Å². The first kappa shape index (κ1) is 43.1. The first-order valence-electron chi connectivity index (χ1n) is 22.4. The lowest BCUT2D eigenvalue weighted by Gasteiger charge is -2.47. The average molecular weight is 921 g/mol. The molecule has 5 heterocycles. The minimum absolute atomic E-state index is 0.104. The van der Waals surface area contributed by atoms with Gasteiger partial charge in [0, 0.05) is 82.8 Å². The van der Waals surface area contributed by atoms with E-state index in [1.54, 1.807) is 59.5 Å². The molecular formula is C49H48Cl2FN7O6. The number of imide groups is 1. The smallest absolute Gasteiger partial charge is 0.255 e. The Balaban J connectivity index is 0.809. The van der Waals surface area contributed by atoms with Crippen LogP contribution in [0.15, 0.2) is 78.9 Å². The molecule has 0 bridgehead atoms. The fourth-order valence-corrected chi connectivity index (χ4v) is 12.0. The van der Waals surface area contributed by atoms with Crippen LogP contribution in [0.25, 0.3) is 0 Å². The van der Waals surface area contributed by atoms with Crippen molar-refractivity contribution < 1.29 is 33.2 Å². The summed E-state index contributed by atoms with van der Waals surface area (Å²) in [6, 6.07) is 20.5. The van der Waals surface area contributed by atoms with Crippen molar-refractivity contribution in [1.29, 1.82) is 0 Å². The number of halogens is 3. The Morgan fingerprint density at radius 1 is 0.862 bits per heavy atom. The fraction of sp³-hybridized carbons (Fsp3) is 0.388. The first-order valence-corrected chi connectivity index (χ1v) is 23.2. The second kappa shape index (κ2) is 16.9. The van der Waals surface area contributed by atoms with Crippen molar-refractivity contribution in [2.24, 2.45) is 5.92 Å². The lowest BCUT2D eigenvalue weighted by atomic mass is 9.55. The molecule has 336 valence electrons. The summed E-state index contributed by atoms with van der Waals surface area (Å²) in [6.45, 7) is 2.04. The molecule has 1 unspecified atom stereocenters. The van der Waals surface area contributed by atoms with Crippen molar-refractivity contribution >= 4 is 75.7 Å². The van der Waals surface area contributed by atoms with Crippen LogP contribution >= 0.6 is 23.2 Å². The second-order valence-corrected chi connectivity index (χ2v) is 19.1. The molecule has 6 aliphatic rings. The topological polar surface area (TPSA) is 169 Å². The molecule has 13 nitrogen and oxygen atoms in total. The first-order chi connectivity index (χ1) is 31.4. The predicted octanol–water partition coefficient (Wildman–Crippen LogP) is 7.14. The van der Waals surface area contributed by atoms with Crippen molar-refractivity contribution in [3.05, 3.63) is 123 Å². The number of amides is 6. The van der Waals surface area contributed by atoms with Crippen molar-refractivity contribution in [3.8, 4) is 0 Å². The maximum atomic E-state index is 16.3. The number of benzene rings is 4. The molecule has 1 saturated carbocycles. The highest BCUT2D eigenvalue weighted by Gasteiger charge is 2.72. The van der Waals surface area contributed by atoms with E-state index in [1.807, 2.05) is 23.1 Å². The van der Waals surface area contributed by atoms with E-state index in [1.165, 1.54) is 6.07 Å². The Hall–Kier alpha value is -5.83. The minimum Gasteiger partial charge on any atom is -0.384 e. The SMILES string of the molecule is O=C1CCC(N2Cc3c(NCC4CCN(C(=O)c5ccc(NC(=O)[C@@H]6NC7(CCCCC7)[C@@]7(C(=O)Nc8cc(Cl)ccc87)[C@H]6c6cccc(Cl)c6F)cc5)CC4)cccc3C2=O)C(=O)N1. The zero-order valence-electron chi connectivity index (χ0n) is 35.5. The highest BCUT2D eigenvalue weighted by atomic mass is 35.5. The predicted molar refractivity (Wildman–Crippen MR) is 243 cm³/mol. The quantitative estimate of drug-likeness (QED) is 0.116. The van der Waals surface area contributed by atoms with Crippen molar-refractivity contribution in [1.82, 2.24) is 20.4 Å². The van der Waals surface area contributed by atoms with E-state index in [2.05, 4.69) is 26.6 Å². The minimum atomic E-state index is -1.36. The van der Waals surface area contributed by atoms with Gasteiger partial charge in [-0.15, -0.1) is 0 Å². The van der Waals surface area contributed by atoms with Crippen LogP contribution in [0.2, 0.25) is 10.0 Å². The summed E-state index contributed by atoms with van der Waals surface area (Å²) in [4.78, 5) is 84.0. The molecule has 3 saturated heterocycles. The normalized spacial score (nSPS) is 24.8. The van der Waals surface area contributed by atoms with E-state index in [0.29, 0.717) is 72.0 Å². The fourth-order valence-electron chi connectivity index (χ4n) is 11.7. The number of carbonyl (C=O) groups is 6. The van der Waals surface area contributed by atoms with Gasteiger partial charge >= 0.3 is 0 Å². The lowest BCUT2D eigenvalue weighted by Crippen LogP contribution is -2.60. The Morgan fingerprint density at radius 3 is 2.37 bits per heavy atom. The molecule has 2 spiro atoms. The van der Waals surface area contributed by atoms with Crippen LogP contribution in [0.4, 0.5) is 21.5 Å². The maximum absolute atomic E-state index is 16.3. The Morgan fingerprint density at radius 2 is 1.62 bits per heavy atom. The van der Waals surface area contributed by atoms with Crippen LogP contribution in [0.1, 0.15) is 101 Å². The molecule has 4 aromatic rings. The molecule has 65 heavy (non-hydrogen) atoms. The van der Waals surface area contributed by atoms with Gasteiger partial charge in [-0.25, -0.2) is 4.39 Å².